The van der Waals surface area contributed by atoms with Gasteiger partial charge in [0.25, 0.3) is 5.91 Å². The summed E-state index contributed by atoms with van der Waals surface area (Å²) in [5, 5.41) is 0. The van der Waals surface area contributed by atoms with Gasteiger partial charge in [0.1, 0.15) is 17.2 Å². The van der Waals surface area contributed by atoms with Crippen LogP contribution in [0.15, 0.2) is 30.3 Å². The van der Waals surface area contributed by atoms with Gasteiger partial charge in [-0.3, -0.25) is 4.79 Å². The molecule has 0 spiro atoms. The molecular formula is C32H46N6O5S. The van der Waals surface area contributed by atoms with Gasteiger partial charge in [0.2, 0.25) is 10.9 Å². The van der Waals surface area contributed by atoms with Gasteiger partial charge < -0.3 is 20.3 Å². The average molecular weight is 627 g/mol. The lowest BCUT2D eigenvalue weighted by Crippen LogP contribution is -2.42. The molecule has 1 saturated heterocycles. The first-order valence-corrected chi connectivity index (χ1v) is 16.1. The van der Waals surface area contributed by atoms with Crippen molar-refractivity contribution < 1.29 is 22.7 Å². The molecule has 2 aliphatic rings. The Hall–Kier alpha value is -3.67. The van der Waals surface area contributed by atoms with Crippen molar-refractivity contribution in [2.75, 3.05) is 34.6 Å². The Kier molecular flexibility index (Phi) is 9.08. The molecule has 0 bridgehead atoms. The lowest BCUT2D eigenvalue weighted by atomic mass is 9.83. The molecule has 1 unspecified atom stereocenters. The van der Waals surface area contributed by atoms with E-state index in [0.717, 1.165) is 23.3 Å². The fraction of sp³-hybridized carbons (Fsp3) is 0.562. The lowest BCUT2D eigenvalue weighted by molar-refractivity contribution is 0.0270. The molecule has 0 aliphatic carbocycles. The van der Waals surface area contributed by atoms with E-state index in [-0.39, 0.29) is 28.8 Å². The monoisotopic (exact) mass is 626 g/mol. The summed E-state index contributed by atoms with van der Waals surface area (Å²) in [5.41, 5.74) is 7.14. The van der Waals surface area contributed by atoms with Crippen LogP contribution in [0.1, 0.15) is 96.8 Å². The van der Waals surface area contributed by atoms with E-state index < -0.39 is 27.8 Å². The van der Waals surface area contributed by atoms with E-state index in [1.807, 2.05) is 26.8 Å². The van der Waals surface area contributed by atoms with Gasteiger partial charge in [0.15, 0.2) is 5.82 Å². The van der Waals surface area contributed by atoms with E-state index in [4.69, 9.17) is 15.5 Å². The van der Waals surface area contributed by atoms with E-state index in [1.54, 1.807) is 17.0 Å². The Morgan fingerprint density at radius 2 is 1.80 bits per heavy atom. The summed E-state index contributed by atoms with van der Waals surface area (Å²) in [6.45, 7) is 19.5. The minimum atomic E-state index is -3.41. The summed E-state index contributed by atoms with van der Waals surface area (Å²) in [6, 6.07) is 6.29. The second kappa shape index (κ2) is 12.0. The van der Waals surface area contributed by atoms with Gasteiger partial charge in [-0.05, 0) is 77.2 Å². The first-order chi connectivity index (χ1) is 20.3. The number of carbonyl (C=O) groups is 2. The van der Waals surface area contributed by atoms with E-state index in [2.05, 4.69) is 51.4 Å². The zero-order valence-electron chi connectivity index (χ0n) is 27.3. The standard InChI is InChI=1S/C32H46N6O5S/c1-20-18-32(8,9)37(19-20)27-23(28(39)38(44(41)42)25-12-10-11-24(33)34-25)17-22(26(35-27)30(2,3)4)21-13-15-36(16-14-21)29(40)43-31(5,6)7/h10-13,17,20,44H,14-16,18-19H2,1-9H3,(H2,33,34). The summed E-state index contributed by atoms with van der Waals surface area (Å²) in [6.07, 6.45) is 2.97. The molecule has 11 nitrogen and oxygen atoms in total. The van der Waals surface area contributed by atoms with Gasteiger partial charge in [-0.15, -0.1) is 0 Å². The maximum atomic E-state index is 14.3. The van der Waals surface area contributed by atoms with E-state index in [1.165, 1.54) is 12.1 Å². The highest BCUT2D eigenvalue weighted by Gasteiger charge is 2.41. The van der Waals surface area contributed by atoms with Gasteiger partial charge >= 0.3 is 6.09 Å². The normalized spacial score (nSPS) is 18.8. The summed E-state index contributed by atoms with van der Waals surface area (Å²) in [7, 11) is -3.41. The van der Waals surface area contributed by atoms with Gasteiger partial charge in [0.05, 0.1) is 11.3 Å². The molecule has 2 amide bonds. The van der Waals surface area contributed by atoms with Crippen LogP contribution in [-0.2, 0) is 21.0 Å². The molecule has 0 saturated carbocycles. The number of nitrogens with two attached hydrogens (primary N) is 1. The van der Waals surface area contributed by atoms with Gasteiger partial charge in [-0.1, -0.05) is 39.8 Å². The van der Waals surface area contributed by atoms with Crippen LogP contribution in [0, 0.1) is 5.92 Å². The Morgan fingerprint density at radius 1 is 1.11 bits per heavy atom. The Morgan fingerprint density at radius 3 is 2.30 bits per heavy atom. The summed E-state index contributed by atoms with van der Waals surface area (Å²) >= 11 is 0. The van der Waals surface area contributed by atoms with Crippen LogP contribution in [0.5, 0.6) is 0 Å². The smallest absolute Gasteiger partial charge is 0.410 e. The van der Waals surface area contributed by atoms with E-state index >= 15 is 0 Å². The fourth-order valence-corrected chi connectivity index (χ4v) is 6.52. The topological polar surface area (TPSA) is 139 Å². The number of hydrogen-bond donors (Lipinski definition) is 2. The van der Waals surface area contributed by atoms with Crippen molar-refractivity contribution in [1.82, 2.24) is 14.9 Å². The highest BCUT2D eigenvalue weighted by Crippen LogP contribution is 2.41. The third-order valence-electron chi connectivity index (χ3n) is 7.81. The fourth-order valence-electron chi connectivity index (χ4n) is 5.98. The van der Waals surface area contributed by atoms with Gasteiger partial charge in [0, 0.05) is 36.2 Å². The lowest BCUT2D eigenvalue weighted by Gasteiger charge is -2.36. The summed E-state index contributed by atoms with van der Waals surface area (Å²) in [5.74, 6) is 0.0319. The summed E-state index contributed by atoms with van der Waals surface area (Å²) < 4.78 is 31.5. The van der Waals surface area contributed by atoms with Crippen molar-refractivity contribution in [2.45, 2.75) is 91.7 Å². The minimum Gasteiger partial charge on any atom is -0.444 e. The van der Waals surface area contributed by atoms with Crippen molar-refractivity contribution >= 4 is 45.9 Å². The molecular weight excluding hydrogens is 580 g/mol. The van der Waals surface area contributed by atoms with Gasteiger partial charge in [-0.25, -0.2) is 23.2 Å². The molecule has 1 atom stereocenters. The predicted octanol–water partition coefficient (Wildman–Crippen LogP) is 5.18. The highest BCUT2D eigenvalue weighted by atomic mass is 32.2. The minimum absolute atomic E-state index is 0.0857. The number of nitrogens with zero attached hydrogens (tertiary/aromatic N) is 5. The van der Waals surface area contributed by atoms with Crippen LogP contribution in [0.2, 0.25) is 0 Å². The van der Waals surface area contributed by atoms with Crippen molar-refractivity contribution in [3.63, 3.8) is 0 Å². The Balaban J connectivity index is 1.90. The Bertz CT molecular complexity index is 1550. The number of anilines is 3. The van der Waals surface area contributed by atoms with Crippen molar-refractivity contribution in [1.29, 1.82) is 0 Å². The van der Waals surface area contributed by atoms with Crippen LogP contribution in [0.25, 0.3) is 5.57 Å². The number of hydrogen-bond acceptors (Lipinski definition) is 9. The molecule has 4 rings (SSSR count). The van der Waals surface area contributed by atoms with Crippen LogP contribution in [-0.4, -0.2) is 66.1 Å². The summed E-state index contributed by atoms with van der Waals surface area (Å²) in [4.78, 5) is 40.2. The molecule has 44 heavy (non-hydrogen) atoms. The average Bonchev–Trinajstić information content (AvgIpc) is 3.17. The largest absolute Gasteiger partial charge is 0.444 e. The zero-order valence-corrected chi connectivity index (χ0v) is 28.2. The van der Waals surface area contributed by atoms with Gasteiger partial charge in [-0.2, -0.15) is 4.31 Å². The van der Waals surface area contributed by atoms with Crippen molar-refractivity contribution in [3.8, 4) is 0 Å². The van der Waals surface area contributed by atoms with Crippen molar-refractivity contribution in [3.05, 3.63) is 47.2 Å². The number of aromatic nitrogens is 2. The van der Waals surface area contributed by atoms with E-state index in [9.17, 15) is 18.0 Å². The molecule has 12 heteroatoms. The molecule has 2 aromatic rings. The molecule has 2 N–H and O–H groups in total. The maximum Gasteiger partial charge on any atom is 0.410 e. The van der Waals surface area contributed by atoms with Crippen LogP contribution in [0.3, 0.4) is 0 Å². The molecule has 1 fully saturated rings. The molecule has 4 heterocycles. The van der Waals surface area contributed by atoms with Crippen LogP contribution < -0.4 is 14.9 Å². The maximum absolute atomic E-state index is 14.3. The number of pyridine rings is 2. The van der Waals surface area contributed by atoms with Crippen LogP contribution in [0.4, 0.5) is 22.2 Å². The number of rotatable bonds is 5. The molecule has 2 aliphatic heterocycles. The number of amides is 2. The van der Waals surface area contributed by atoms with Crippen LogP contribution >= 0.6 is 0 Å². The molecule has 0 radical (unpaired) electrons. The first-order valence-electron chi connectivity index (χ1n) is 15.0. The zero-order chi connectivity index (χ0) is 32.8. The number of thiol groups is 1. The number of ether oxygens (including phenoxy) is 1. The second-order valence-electron chi connectivity index (χ2n) is 14.4. The van der Waals surface area contributed by atoms with Crippen molar-refractivity contribution in [2.24, 2.45) is 5.92 Å². The quantitative estimate of drug-likeness (QED) is 0.430. The number of carbonyl (C=O) groups excluding carboxylic acids is 2. The molecule has 240 valence electrons. The third kappa shape index (κ3) is 7.17. The SMILES string of the molecule is CC1CN(c2nc(C(C)(C)C)c(C3=CCN(C(=O)OC(C)(C)C)CC3)cc2C(=O)N(c2cccc(N)n2)[SH](=O)=O)C(C)(C)C1. The third-order valence-corrected chi connectivity index (χ3v) is 8.52. The number of nitrogen functional groups attached to an aromatic ring is 1. The molecule has 2 aromatic heterocycles. The first kappa shape index (κ1) is 33.2. The van der Waals surface area contributed by atoms with E-state index in [0.29, 0.717) is 42.1 Å². The Labute approximate surface area is 262 Å². The highest BCUT2D eigenvalue weighted by molar-refractivity contribution is 7.75. The second-order valence-corrected chi connectivity index (χ2v) is 15.3. The predicted molar refractivity (Wildman–Crippen MR) is 174 cm³/mol. The molecule has 0 aromatic carbocycles.